The summed E-state index contributed by atoms with van der Waals surface area (Å²) in [5, 5.41) is 11.8. The zero-order chi connectivity index (χ0) is 33.9. The fourth-order valence-electron chi connectivity index (χ4n) is 4.33. The van der Waals surface area contributed by atoms with Crippen LogP contribution >= 0.6 is 0 Å². The van der Waals surface area contributed by atoms with Gasteiger partial charge in [0.2, 0.25) is 5.95 Å². The lowest BCUT2D eigenvalue weighted by molar-refractivity contribution is -0.142. The Labute approximate surface area is 266 Å². The van der Waals surface area contributed by atoms with Crippen LogP contribution in [0.2, 0.25) is 12.1 Å². The van der Waals surface area contributed by atoms with E-state index in [1.807, 2.05) is 11.9 Å². The molecule has 1 amide bonds. The Kier molecular flexibility index (Phi) is 12.5. The molecule has 0 aliphatic heterocycles. The van der Waals surface area contributed by atoms with Gasteiger partial charge in [0.25, 0.3) is 5.91 Å². The average molecular weight is 655 g/mol. The molecule has 0 spiro atoms. The van der Waals surface area contributed by atoms with Crippen molar-refractivity contribution in [3.8, 4) is 0 Å². The first-order valence-corrected chi connectivity index (χ1v) is 16.7. The molecule has 0 aliphatic carbocycles. The Hall–Kier alpha value is -5.16. The number of anilines is 3. The monoisotopic (exact) mass is 654 g/mol. The predicted molar refractivity (Wildman–Crippen MR) is 171 cm³/mol. The second-order valence-electron chi connectivity index (χ2n) is 10.1. The van der Waals surface area contributed by atoms with Gasteiger partial charge in [0, 0.05) is 30.8 Å². The summed E-state index contributed by atoms with van der Waals surface area (Å²) >= 11 is 0. The van der Waals surface area contributed by atoms with E-state index in [1.165, 1.54) is 0 Å². The quantitative estimate of drug-likeness (QED) is 0.0704. The van der Waals surface area contributed by atoms with Crippen molar-refractivity contribution in [2.75, 3.05) is 36.6 Å². The number of hydrogen-bond donors (Lipinski definition) is 4. The number of carbonyl (C=O) groups excluding carboxylic acids is 3. The normalized spacial score (nSPS) is 11.8. The fraction of sp³-hybridized carbons (Fsp3) is 0.379. The fourth-order valence-corrected chi connectivity index (χ4v) is 6.55. The molecular weight excluding hydrogens is 616 g/mol. The van der Waals surface area contributed by atoms with Crippen LogP contribution in [0.4, 0.5) is 17.5 Å². The molecule has 0 aliphatic rings. The van der Waals surface area contributed by atoms with E-state index in [-0.39, 0.29) is 49.0 Å². The van der Waals surface area contributed by atoms with E-state index in [0.29, 0.717) is 29.8 Å². The largest absolute Gasteiger partial charge is 0.492 e. The number of aromatic nitrogens is 4. The maximum absolute atomic E-state index is 13.3. The van der Waals surface area contributed by atoms with Crippen LogP contribution in [0.25, 0.3) is 11.2 Å². The van der Waals surface area contributed by atoms with Gasteiger partial charge in [0.05, 0.1) is 25.0 Å². The molecule has 0 radical (unpaired) electrons. The van der Waals surface area contributed by atoms with Crippen molar-refractivity contribution in [2.24, 2.45) is 0 Å². The van der Waals surface area contributed by atoms with Crippen molar-refractivity contribution in [3.63, 3.8) is 0 Å². The zero-order valence-corrected chi connectivity index (χ0v) is 26.9. The Morgan fingerprint density at radius 2 is 1.78 bits per heavy atom. The molecule has 0 saturated heterocycles. The second-order valence-corrected chi connectivity index (χ2v) is 13.8. The van der Waals surface area contributed by atoms with Crippen LogP contribution in [0, 0.1) is 0 Å². The summed E-state index contributed by atoms with van der Waals surface area (Å²) in [4.78, 5) is 67.6. The van der Waals surface area contributed by atoms with E-state index >= 15 is 0 Å². The van der Waals surface area contributed by atoms with E-state index in [1.54, 1.807) is 44.3 Å². The lowest BCUT2D eigenvalue weighted by Gasteiger charge is -2.30. The molecule has 1 atom stereocenters. The molecule has 6 N–H and O–H groups in total. The maximum Gasteiger partial charge on any atom is 0.401 e. The first-order chi connectivity index (χ1) is 21.9. The molecule has 3 rings (SSSR count). The van der Waals surface area contributed by atoms with Crippen molar-refractivity contribution in [1.82, 2.24) is 25.3 Å². The highest BCUT2D eigenvalue weighted by molar-refractivity contribution is 6.68. The third-order valence-corrected chi connectivity index (χ3v) is 10.4. The number of carboxylic acids is 1. The summed E-state index contributed by atoms with van der Waals surface area (Å²) < 4.78 is 16.6. The number of carbonyl (C=O) groups is 4. The number of ether oxygens (including phenoxy) is 1. The molecule has 2 aromatic heterocycles. The van der Waals surface area contributed by atoms with Crippen LogP contribution in [0.3, 0.4) is 0 Å². The number of aliphatic carboxylic acids is 1. The van der Waals surface area contributed by atoms with E-state index in [2.05, 4.69) is 31.8 Å². The maximum atomic E-state index is 13.3. The number of nitrogens with one attached hydrogen (secondary N) is 1. The summed E-state index contributed by atoms with van der Waals surface area (Å²) in [5.41, 5.74) is 13.7. The number of esters is 1. The van der Waals surface area contributed by atoms with E-state index in [9.17, 15) is 24.3 Å². The number of benzene rings is 1. The van der Waals surface area contributed by atoms with Gasteiger partial charge in [0.1, 0.15) is 12.6 Å². The Bertz CT molecular complexity index is 1570. The highest BCUT2D eigenvalue weighted by Gasteiger charge is 2.40. The second kappa shape index (κ2) is 16.2. The minimum absolute atomic E-state index is 0.00124. The van der Waals surface area contributed by atoms with Crippen LogP contribution in [-0.2, 0) is 34.5 Å². The molecule has 46 heavy (non-hydrogen) atoms. The van der Waals surface area contributed by atoms with Gasteiger partial charge < -0.3 is 40.4 Å². The van der Waals surface area contributed by atoms with Gasteiger partial charge in [-0.2, -0.15) is 9.97 Å². The van der Waals surface area contributed by atoms with Crippen molar-refractivity contribution >= 4 is 61.0 Å². The summed E-state index contributed by atoms with van der Waals surface area (Å²) in [7, 11) is -1.29. The number of rotatable bonds is 17. The predicted octanol–water partition coefficient (Wildman–Crippen LogP) is 1.95. The number of amides is 1. The van der Waals surface area contributed by atoms with Gasteiger partial charge >= 0.3 is 26.5 Å². The van der Waals surface area contributed by atoms with Gasteiger partial charge in [-0.1, -0.05) is 20.4 Å². The molecule has 0 fully saturated rings. The topological polar surface area (TPSA) is 235 Å². The van der Waals surface area contributed by atoms with Gasteiger partial charge in [0.15, 0.2) is 17.0 Å². The minimum Gasteiger partial charge on any atom is -0.492 e. The standard InChI is InChI=1S/C29H38N8O8Si/c1-5-23(40)43-14-15-44-46(6-2,7-3)45-28(42)21(12-13-22(38)39)34-27(41)18-8-10-20(11-9-18)37(4)17-19-16-32-26-24(33-19)25(30)35-29(31)36-26/h5,8-11,16,21H,1,6-7,12-15,17H2,2-4H3,(H,34,41)(H,38,39)(H4,30,31,32,35,36)/t21-/m1/s1. The molecule has 17 heteroatoms. The first-order valence-electron chi connectivity index (χ1n) is 14.4. The highest BCUT2D eigenvalue weighted by Crippen LogP contribution is 2.22. The number of nitrogens with two attached hydrogens (primary N) is 2. The number of fused-ring (bicyclic) bond motifs is 1. The van der Waals surface area contributed by atoms with E-state index in [4.69, 9.17) is 25.1 Å². The van der Waals surface area contributed by atoms with Gasteiger partial charge in [-0.15, -0.1) is 0 Å². The molecule has 0 saturated carbocycles. The van der Waals surface area contributed by atoms with Crippen LogP contribution < -0.4 is 21.7 Å². The lowest BCUT2D eigenvalue weighted by atomic mass is 10.1. The van der Waals surface area contributed by atoms with Crippen molar-refractivity contribution in [3.05, 3.63) is 54.4 Å². The van der Waals surface area contributed by atoms with Crippen molar-refractivity contribution in [2.45, 2.75) is 51.4 Å². The summed E-state index contributed by atoms with van der Waals surface area (Å²) in [6, 6.07) is 6.12. The van der Waals surface area contributed by atoms with Crippen LogP contribution in [0.1, 0.15) is 42.7 Å². The van der Waals surface area contributed by atoms with E-state index < -0.39 is 38.4 Å². The minimum atomic E-state index is -3.11. The number of nitrogen functional groups attached to an aromatic ring is 2. The average Bonchev–Trinajstić information content (AvgIpc) is 3.04. The van der Waals surface area contributed by atoms with E-state index in [0.717, 1.165) is 11.8 Å². The molecule has 2 heterocycles. The summed E-state index contributed by atoms with van der Waals surface area (Å²) in [5.74, 6) is -3.00. The molecule has 246 valence electrons. The molecular formula is C29H38N8O8Si. The molecule has 0 bridgehead atoms. The van der Waals surface area contributed by atoms with Gasteiger partial charge in [-0.3, -0.25) is 14.4 Å². The van der Waals surface area contributed by atoms with Crippen LogP contribution in [0.15, 0.2) is 43.1 Å². The summed E-state index contributed by atoms with van der Waals surface area (Å²) in [6.45, 7) is 7.21. The Morgan fingerprint density at radius 1 is 1.09 bits per heavy atom. The molecule has 1 aromatic carbocycles. The lowest BCUT2D eigenvalue weighted by Crippen LogP contribution is -2.50. The van der Waals surface area contributed by atoms with Crippen LogP contribution in [-0.4, -0.2) is 83.7 Å². The van der Waals surface area contributed by atoms with Crippen LogP contribution in [0.5, 0.6) is 0 Å². The van der Waals surface area contributed by atoms with Gasteiger partial charge in [-0.05, 0) is 42.8 Å². The third kappa shape index (κ3) is 9.67. The smallest absolute Gasteiger partial charge is 0.401 e. The number of hydrogen-bond acceptors (Lipinski definition) is 14. The van der Waals surface area contributed by atoms with Gasteiger partial charge in [-0.25, -0.2) is 14.8 Å². The molecule has 16 nitrogen and oxygen atoms in total. The van der Waals surface area contributed by atoms with Crippen molar-refractivity contribution < 1.29 is 37.9 Å². The molecule has 3 aromatic rings. The highest BCUT2D eigenvalue weighted by atomic mass is 28.4. The summed E-state index contributed by atoms with van der Waals surface area (Å²) in [6.07, 6.45) is 2.01. The SMILES string of the molecule is C=CC(=O)OCCO[Si](CC)(CC)OC(=O)[C@@H](CCC(=O)O)NC(=O)c1ccc(N(C)Cc2cnc3nc(N)nc(N)c3n2)cc1. The zero-order valence-electron chi connectivity index (χ0n) is 25.9. The first kappa shape index (κ1) is 35.3. The third-order valence-electron chi connectivity index (χ3n) is 6.93. The Morgan fingerprint density at radius 3 is 2.41 bits per heavy atom. The number of carboxylic acid groups (broad SMARTS) is 1. The number of nitrogens with zero attached hydrogens (tertiary/aromatic N) is 5. The molecule has 0 unspecified atom stereocenters. The Balaban J connectivity index is 1.68. The van der Waals surface area contributed by atoms with Crippen molar-refractivity contribution in [1.29, 1.82) is 0 Å².